The van der Waals surface area contributed by atoms with E-state index in [1.54, 1.807) is 35.6 Å². The molecule has 1 aliphatic carbocycles. The highest BCUT2D eigenvalue weighted by Crippen LogP contribution is 2.37. The maximum absolute atomic E-state index is 13.7. The molecule has 1 aromatic carbocycles. The van der Waals surface area contributed by atoms with E-state index in [4.69, 9.17) is 4.98 Å². The Morgan fingerprint density at radius 1 is 1.19 bits per heavy atom. The van der Waals surface area contributed by atoms with E-state index in [0.29, 0.717) is 0 Å². The summed E-state index contributed by atoms with van der Waals surface area (Å²) in [6.45, 7) is 1.96. The number of anilines is 1. The summed E-state index contributed by atoms with van der Waals surface area (Å²) in [7, 11) is 4.06. The van der Waals surface area contributed by atoms with Gasteiger partial charge in [-0.15, -0.1) is 11.3 Å². The lowest BCUT2D eigenvalue weighted by Gasteiger charge is -2.09. The molecule has 142 valence electrons. The molecular weight excluding hydrogens is 367 g/mol. The fourth-order valence-electron chi connectivity index (χ4n) is 3.10. The van der Waals surface area contributed by atoms with Crippen LogP contribution in [0.25, 0.3) is 11.3 Å². The highest BCUT2D eigenvalue weighted by Gasteiger charge is 2.19. The van der Waals surface area contributed by atoms with E-state index in [9.17, 15) is 4.39 Å². The van der Waals surface area contributed by atoms with Gasteiger partial charge in [0.25, 0.3) is 0 Å². The molecule has 1 aliphatic rings. The number of nitrogens with one attached hydrogen (secondary N) is 2. The Labute approximate surface area is 163 Å². The van der Waals surface area contributed by atoms with Crippen molar-refractivity contribution < 1.29 is 4.39 Å². The van der Waals surface area contributed by atoms with E-state index in [1.807, 2.05) is 20.2 Å². The first-order valence-electron chi connectivity index (χ1n) is 9.23. The zero-order valence-electron chi connectivity index (χ0n) is 15.5. The maximum Gasteiger partial charge on any atom is 0.183 e. The van der Waals surface area contributed by atoms with E-state index in [0.717, 1.165) is 55.2 Å². The first-order valence-corrected chi connectivity index (χ1v) is 10.8. The van der Waals surface area contributed by atoms with Gasteiger partial charge >= 0.3 is 0 Å². The lowest BCUT2D eigenvalue weighted by Crippen LogP contribution is -2.13. The van der Waals surface area contributed by atoms with Crippen LogP contribution < -0.4 is 10.0 Å². The zero-order chi connectivity index (χ0) is 18.4. The number of nitrogens with zero attached hydrogens (tertiary/aromatic N) is 2. The molecule has 4 nitrogen and oxygen atoms in total. The van der Waals surface area contributed by atoms with Crippen molar-refractivity contribution >= 4 is 28.6 Å². The molecule has 0 unspecified atom stereocenters. The van der Waals surface area contributed by atoms with E-state index >= 15 is 0 Å². The monoisotopic (exact) mass is 394 g/mol. The maximum atomic E-state index is 13.7. The Kier molecular flexibility index (Phi) is 7.31. The number of thiazole rings is 1. The molecule has 0 bridgehead atoms. The van der Waals surface area contributed by atoms with Gasteiger partial charge in [-0.3, -0.25) is 4.72 Å². The summed E-state index contributed by atoms with van der Waals surface area (Å²) < 4.78 is 19.1. The first-order chi connectivity index (χ1) is 12.6. The van der Waals surface area contributed by atoms with E-state index in [1.165, 1.54) is 23.3 Å². The minimum absolute atomic E-state index is 0.180. The minimum atomic E-state index is -0.180. The number of benzene rings is 1. The summed E-state index contributed by atoms with van der Waals surface area (Å²) in [5.74, 6) is -0.180. The summed E-state index contributed by atoms with van der Waals surface area (Å²) in [4.78, 5) is 6.06. The summed E-state index contributed by atoms with van der Waals surface area (Å²) >= 11 is 3.36. The van der Waals surface area contributed by atoms with Crippen molar-refractivity contribution in [3.05, 3.63) is 34.5 Å². The van der Waals surface area contributed by atoms with Gasteiger partial charge < -0.3 is 5.32 Å². The number of aryl methyl sites for hydroxylation is 2. The fraction of sp³-hybridized carbons (Fsp3) is 0.526. The van der Waals surface area contributed by atoms with E-state index in [2.05, 4.69) is 14.3 Å². The van der Waals surface area contributed by atoms with Crippen LogP contribution in [0.15, 0.2) is 18.2 Å². The highest BCUT2D eigenvalue weighted by atomic mass is 32.2. The van der Waals surface area contributed by atoms with E-state index in [-0.39, 0.29) is 5.82 Å². The van der Waals surface area contributed by atoms with Crippen LogP contribution in [0.1, 0.15) is 36.1 Å². The zero-order valence-corrected chi connectivity index (χ0v) is 17.1. The van der Waals surface area contributed by atoms with Crippen molar-refractivity contribution in [1.82, 2.24) is 14.0 Å². The number of unbranched alkanes of at least 4 members (excludes halogenated alkanes) is 2. The Hall–Kier alpha value is -1.15. The van der Waals surface area contributed by atoms with Crippen molar-refractivity contribution in [1.29, 1.82) is 0 Å². The normalized spacial score (nSPS) is 13.4. The summed E-state index contributed by atoms with van der Waals surface area (Å²) in [6, 6.07) is 5.11. The van der Waals surface area contributed by atoms with Gasteiger partial charge in [0, 0.05) is 35.7 Å². The molecule has 0 amide bonds. The van der Waals surface area contributed by atoms with Crippen molar-refractivity contribution in [2.45, 2.75) is 38.5 Å². The van der Waals surface area contributed by atoms with Crippen molar-refractivity contribution in [2.75, 3.05) is 32.5 Å². The second kappa shape index (κ2) is 9.69. The van der Waals surface area contributed by atoms with Crippen LogP contribution >= 0.6 is 23.5 Å². The second-order valence-electron chi connectivity index (χ2n) is 6.73. The number of rotatable bonds is 9. The Balaban J connectivity index is 1.49. The van der Waals surface area contributed by atoms with Crippen LogP contribution in [0.2, 0.25) is 0 Å². The van der Waals surface area contributed by atoms with Gasteiger partial charge in [0.1, 0.15) is 5.82 Å². The molecule has 0 saturated carbocycles. The van der Waals surface area contributed by atoms with E-state index < -0.39 is 0 Å². The molecule has 0 saturated heterocycles. The molecule has 2 N–H and O–H groups in total. The molecule has 0 spiro atoms. The molecule has 3 rings (SSSR count). The third-order valence-electron chi connectivity index (χ3n) is 4.35. The molecule has 0 radical (unpaired) electrons. The first kappa shape index (κ1) is 19.6. The second-order valence-corrected chi connectivity index (χ2v) is 9.02. The molecule has 2 aromatic rings. The molecule has 0 atom stereocenters. The lowest BCUT2D eigenvalue weighted by atomic mass is 10.0. The third kappa shape index (κ3) is 5.42. The largest absolute Gasteiger partial charge is 0.361 e. The summed E-state index contributed by atoms with van der Waals surface area (Å²) in [6.07, 6.45) is 6.62. The van der Waals surface area contributed by atoms with Crippen LogP contribution in [-0.4, -0.2) is 36.5 Å². The predicted molar refractivity (Wildman–Crippen MR) is 111 cm³/mol. The SMILES string of the molecule is CN(C)SNCCCCCNc1nc2c(s1)CCCc1ccc(F)cc1-2. The summed E-state index contributed by atoms with van der Waals surface area (Å²) in [5, 5.41) is 4.42. The molecular formula is C19H27FN4S2. The van der Waals surface area contributed by atoms with Crippen LogP contribution in [0.5, 0.6) is 0 Å². The van der Waals surface area contributed by atoms with Gasteiger partial charge in [-0.25, -0.2) is 13.7 Å². The quantitative estimate of drug-likeness (QED) is 0.475. The van der Waals surface area contributed by atoms with Crippen LogP contribution in [0.4, 0.5) is 9.52 Å². The molecule has 1 heterocycles. The lowest BCUT2D eigenvalue weighted by molar-refractivity contribution is 0.627. The average Bonchev–Trinajstić information content (AvgIpc) is 2.93. The van der Waals surface area contributed by atoms with Gasteiger partial charge in [-0.2, -0.15) is 0 Å². The fourth-order valence-corrected chi connectivity index (χ4v) is 4.64. The predicted octanol–water partition coefficient (Wildman–Crippen LogP) is 4.73. The smallest absolute Gasteiger partial charge is 0.183 e. The van der Waals surface area contributed by atoms with Gasteiger partial charge in [-0.1, -0.05) is 12.5 Å². The minimum Gasteiger partial charge on any atom is -0.361 e. The van der Waals surface area contributed by atoms with Gasteiger partial charge in [0.05, 0.1) is 5.69 Å². The topological polar surface area (TPSA) is 40.2 Å². The Morgan fingerprint density at radius 3 is 2.88 bits per heavy atom. The van der Waals surface area contributed by atoms with Gasteiger partial charge in [-0.05, 0) is 63.9 Å². The number of hydrogen-bond acceptors (Lipinski definition) is 6. The number of aromatic nitrogens is 1. The standard InChI is InChI=1S/C19H27FN4S2/c1-24(2)26-22-12-5-3-4-11-21-19-23-18-16-13-15(20)10-9-14(16)7-6-8-17(18)25-19/h9-10,13,22H,3-8,11-12H2,1-2H3,(H,21,23). The number of halogens is 1. The summed E-state index contributed by atoms with van der Waals surface area (Å²) in [5.41, 5.74) is 3.17. The Morgan fingerprint density at radius 2 is 2.04 bits per heavy atom. The number of hydrogen-bond donors (Lipinski definition) is 2. The highest BCUT2D eigenvalue weighted by molar-refractivity contribution is 7.95. The van der Waals surface area contributed by atoms with Crippen molar-refractivity contribution in [3.8, 4) is 11.3 Å². The Bertz CT molecular complexity index is 718. The van der Waals surface area contributed by atoms with Gasteiger partial charge in [0.15, 0.2) is 5.13 Å². The average molecular weight is 395 g/mol. The van der Waals surface area contributed by atoms with Crippen LogP contribution in [-0.2, 0) is 12.8 Å². The van der Waals surface area contributed by atoms with Crippen LogP contribution in [0, 0.1) is 5.82 Å². The van der Waals surface area contributed by atoms with Gasteiger partial charge in [0.2, 0.25) is 0 Å². The van der Waals surface area contributed by atoms with Crippen LogP contribution in [0.3, 0.4) is 0 Å². The third-order valence-corrected chi connectivity index (χ3v) is 6.12. The van der Waals surface area contributed by atoms with Crippen molar-refractivity contribution in [2.24, 2.45) is 0 Å². The molecule has 26 heavy (non-hydrogen) atoms. The molecule has 1 aromatic heterocycles. The molecule has 0 fully saturated rings. The molecule has 0 aliphatic heterocycles. The molecule has 7 heteroatoms. The van der Waals surface area contributed by atoms with Crippen molar-refractivity contribution in [3.63, 3.8) is 0 Å². The number of fused-ring (bicyclic) bond motifs is 3.